The molecule has 2 rings (SSSR count). The summed E-state index contributed by atoms with van der Waals surface area (Å²) in [5.41, 5.74) is 1.22. The molecule has 1 aromatic carbocycles. The van der Waals surface area contributed by atoms with Crippen LogP contribution in [0.1, 0.15) is 32.6 Å². The lowest BCUT2D eigenvalue weighted by Crippen LogP contribution is -2.35. The maximum Gasteiger partial charge on any atom is 0.238 e. The van der Waals surface area contributed by atoms with Crippen LogP contribution in [0.15, 0.2) is 28.7 Å². The molecule has 1 aliphatic rings. The number of benzene rings is 1. The van der Waals surface area contributed by atoms with Crippen LogP contribution in [0.2, 0.25) is 0 Å². The van der Waals surface area contributed by atoms with E-state index in [9.17, 15) is 4.79 Å². The zero-order valence-corrected chi connectivity index (χ0v) is 12.9. The van der Waals surface area contributed by atoms with Crippen LogP contribution in [0, 0.1) is 5.41 Å². The summed E-state index contributed by atoms with van der Waals surface area (Å²) >= 11 is 3.37. The Balaban J connectivity index is 1.71. The highest BCUT2D eigenvalue weighted by molar-refractivity contribution is 9.10. The Hall–Kier alpha value is -0.870. The quantitative estimate of drug-likeness (QED) is 0.869. The third-order valence-electron chi connectivity index (χ3n) is 3.78. The van der Waals surface area contributed by atoms with E-state index in [1.807, 2.05) is 24.3 Å². The predicted octanol–water partition coefficient (Wildman–Crippen LogP) is 3.56. The molecule has 2 N–H and O–H groups in total. The third kappa shape index (κ3) is 4.62. The molecule has 4 heteroatoms. The van der Waals surface area contributed by atoms with Crippen molar-refractivity contribution in [3.63, 3.8) is 0 Å². The molecular formula is C15H21BrN2O. The van der Waals surface area contributed by atoms with E-state index < -0.39 is 0 Å². The fraction of sp³-hybridized carbons (Fsp3) is 0.533. The van der Waals surface area contributed by atoms with E-state index in [2.05, 4.69) is 33.5 Å². The molecule has 0 unspecified atom stereocenters. The molecule has 1 amide bonds. The molecular weight excluding hydrogens is 304 g/mol. The van der Waals surface area contributed by atoms with E-state index in [0.717, 1.165) is 16.7 Å². The van der Waals surface area contributed by atoms with Crippen molar-refractivity contribution in [2.75, 3.05) is 18.4 Å². The molecule has 0 heterocycles. The molecule has 104 valence electrons. The highest BCUT2D eigenvalue weighted by Crippen LogP contribution is 2.36. The topological polar surface area (TPSA) is 41.1 Å². The number of hydrogen-bond donors (Lipinski definition) is 2. The maximum atomic E-state index is 11.8. The van der Waals surface area contributed by atoms with Gasteiger partial charge < -0.3 is 10.6 Å². The van der Waals surface area contributed by atoms with Crippen molar-refractivity contribution >= 4 is 27.5 Å². The maximum absolute atomic E-state index is 11.8. The van der Waals surface area contributed by atoms with Gasteiger partial charge in [0.1, 0.15) is 0 Å². The number of amides is 1. The third-order valence-corrected chi connectivity index (χ3v) is 4.30. The van der Waals surface area contributed by atoms with Gasteiger partial charge in [-0.2, -0.15) is 0 Å². The Kier molecular flexibility index (Phi) is 4.99. The average Bonchev–Trinajstić information content (AvgIpc) is 2.79. The average molecular weight is 325 g/mol. The Morgan fingerprint density at radius 2 is 1.89 bits per heavy atom. The normalized spacial score (nSPS) is 17.4. The molecule has 0 radical (unpaired) electrons. The summed E-state index contributed by atoms with van der Waals surface area (Å²) in [6.45, 7) is 3.62. The zero-order valence-electron chi connectivity index (χ0n) is 11.3. The minimum Gasteiger partial charge on any atom is -0.325 e. The van der Waals surface area contributed by atoms with Crippen LogP contribution in [0.5, 0.6) is 0 Å². The SMILES string of the molecule is CC1(CNCC(=O)Nc2ccc(Br)cc2)CCCC1. The van der Waals surface area contributed by atoms with Gasteiger partial charge in [0.15, 0.2) is 0 Å². The second-order valence-corrected chi connectivity index (χ2v) is 6.59. The van der Waals surface area contributed by atoms with E-state index in [0.29, 0.717) is 12.0 Å². The molecule has 1 fully saturated rings. The minimum absolute atomic E-state index is 0.0175. The lowest BCUT2D eigenvalue weighted by atomic mass is 9.89. The number of anilines is 1. The van der Waals surface area contributed by atoms with Gasteiger partial charge >= 0.3 is 0 Å². The largest absolute Gasteiger partial charge is 0.325 e. The molecule has 0 aromatic heterocycles. The van der Waals surface area contributed by atoms with Crippen LogP contribution in [0.25, 0.3) is 0 Å². The van der Waals surface area contributed by atoms with E-state index in [1.165, 1.54) is 25.7 Å². The number of carbonyl (C=O) groups is 1. The minimum atomic E-state index is 0.0175. The number of rotatable bonds is 5. The first kappa shape index (κ1) is 14.5. The molecule has 1 saturated carbocycles. The molecule has 0 bridgehead atoms. The summed E-state index contributed by atoms with van der Waals surface area (Å²) < 4.78 is 1.01. The second-order valence-electron chi connectivity index (χ2n) is 5.68. The molecule has 0 aliphatic heterocycles. The lowest BCUT2D eigenvalue weighted by Gasteiger charge is -2.23. The van der Waals surface area contributed by atoms with Gasteiger partial charge in [-0.05, 0) is 42.5 Å². The van der Waals surface area contributed by atoms with Crippen molar-refractivity contribution in [2.24, 2.45) is 5.41 Å². The van der Waals surface area contributed by atoms with E-state index in [1.54, 1.807) is 0 Å². The highest BCUT2D eigenvalue weighted by Gasteiger charge is 2.27. The number of nitrogens with one attached hydrogen (secondary N) is 2. The van der Waals surface area contributed by atoms with Crippen LogP contribution < -0.4 is 10.6 Å². The Bertz CT molecular complexity index is 424. The van der Waals surface area contributed by atoms with Crippen molar-refractivity contribution < 1.29 is 4.79 Å². The molecule has 0 spiro atoms. The predicted molar refractivity (Wildman–Crippen MR) is 82.2 cm³/mol. The van der Waals surface area contributed by atoms with Gasteiger partial charge in [-0.1, -0.05) is 35.7 Å². The van der Waals surface area contributed by atoms with Crippen LogP contribution in [-0.2, 0) is 4.79 Å². The molecule has 3 nitrogen and oxygen atoms in total. The fourth-order valence-corrected chi connectivity index (χ4v) is 2.89. The summed E-state index contributed by atoms with van der Waals surface area (Å²) in [6.07, 6.45) is 5.19. The Labute approximate surface area is 123 Å². The van der Waals surface area contributed by atoms with Crippen LogP contribution >= 0.6 is 15.9 Å². The molecule has 0 atom stereocenters. The van der Waals surface area contributed by atoms with Gasteiger partial charge in [-0.15, -0.1) is 0 Å². The standard InChI is InChI=1S/C15H21BrN2O/c1-15(8-2-3-9-15)11-17-10-14(19)18-13-6-4-12(16)5-7-13/h4-7,17H,2-3,8-11H2,1H3,(H,18,19). The molecule has 1 aromatic rings. The van der Waals surface area contributed by atoms with Crippen molar-refractivity contribution in [1.82, 2.24) is 5.32 Å². The van der Waals surface area contributed by atoms with Gasteiger partial charge in [0.25, 0.3) is 0 Å². The first-order valence-electron chi connectivity index (χ1n) is 6.84. The van der Waals surface area contributed by atoms with E-state index >= 15 is 0 Å². The van der Waals surface area contributed by atoms with Crippen molar-refractivity contribution in [3.8, 4) is 0 Å². The second kappa shape index (κ2) is 6.53. The lowest BCUT2D eigenvalue weighted by molar-refractivity contribution is -0.115. The zero-order chi connectivity index (χ0) is 13.7. The first-order valence-corrected chi connectivity index (χ1v) is 7.63. The van der Waals surface area contributed by atoms with Crippen LogP contribution in [0.3, 0.4) is 0 Å². The summed E-state index contributed by atoms with van der Waals surface area (Å²) in [5, 5.41) is 6.16. The first-order chi connectivity index (χ1) is 9.07. The van der Waals surface area contributed by atoms with Crippen molar-refractivity contribution in [2.45, 2.75) is 32.6 Å². The van der Waals surface area contributed by atoms with Crippen molar-refractivity contribution in [3.05, 3.63) is 28.7 Å². The van der Waals surface area contributed by atoms with E-state index in [-0.39, 0.29) is 5.91 Å². The molecule has 19 heavy (non-hydrogen) atoms. The summed E-state index contributed by atoms with van der Waals surface area (Å²) in [4.78, 5) is 11.8. The Morgan fingerprint density at radius 1 is 1.26 bits per heavy atom. The van der Waals surface area contributed by atoms with Crippen LogP contribution in [-0.4, -0.2) is 19.0 Å². The van der Waals surface area contributed by atoms with Crippen LogP contribution in [0.4, 0.5) is 5.69 Å². The van der Waals surface area contributed by atoms with Gasteiger partial charge in [0, 0.05) is 16.7 Å². The summed E-state index contributed by atoms with van der Waals surface area (Å²) in [7, 11) is 0. The summed E-state index contributed by atoms with van der Waals surface area (Å²) in [6, 6.07) is 7.62. The highest BCUT2D eigenvalue weighted by atomic mass is 79.9. The van der Waals surface area contributed by atoms with Gasteiger partial charge in [0.05, 0.1) is 6.54 Å². The van der Waals surface area contributed by atoms with Gasteiger partial charge in [-0.3, -0.25) is 4.79 Å². The van der Waals surface area contributed by atoms with Gasteiger partial charge in [-0.25, -0.2) is 0 Å². The monoisotopic (exact) mass is 324 g/mol. The smallest absolute Gasteiger partial charge is 0.238 e. The van der Waals surface area contributed by atoms with Crippen molar-refractivity contribution in [1.29, 1.82) is 0 Å². The number of halogens is 1. The van der Waals surface area contributed by atoms with E-state index in [4.69, 9.17) is 0 Å². The fourth-order valence-electron chi connectivity index (χ4n) is 2.62. The van der Waals surface area contributed by atoms with Gasteiger partial charge in [0.2, 0.25) is 5.91 Å². The number of hydrogen-bond acceptors (Lipinski definition) is 2. The number of carbonyl (C=O) groups excluding carboxylic acids is 1. The molecule has 1 aliphatic carbocycles. The summed E-state index contributed by atoms with van der Waals surface area (Å²) in [5.74, 6) is 0.0175. The Morgan fingerprint density at radius 3 is 2.53 bits per heavy atom. The molecule has 0 saturated heterocycles.